The van der Waals surface area contributed by atoms with E-state index in [2.05, 4.69) is 40.3 Å². The van der Waals surface area contributed by atoms with Crippen molar-refractivity contribution in [2.45, 2.75) is 57.9 Å². The van der Waals surface area contributed by atoms with Gasteiger partial charge < -0.3 is 15.1 Å². The van der Waals surface area contributed by atoms with Gasteiger partial charge in [0.1, 0.15) is 0 Å². The monoisotopic (exact) mass is 360 g/mol. The summed E-state index contributed by atoms with van der Waals surface area (Å²) in [7, 11) is 1.99. The average molecular weight is 361 g/mol. The van der Waals surface area contributed by atoms with Crippen molar-refractivity contribution >= 4 is 5.96 Å². The Balaban J connectivity index is 1.49. The molecule has 1 aromatic rings. The second-order valence-electron chi connectivity index (χ2n) is 7.85. The molecule has 3 rings (SSSR count). The molecule has 0 bridgehead atoms. The van der Waals surface area contributed by atoms with E-state index < -0.39 is 0 Å². The largest absolute Gasteiger partial charge is 0.357 e. The van der Waals surface area contributed by atoms with Gasteiger partial charge in [-0.3, -0.25) is 9.67 Å². The van der Waals surface area contributed by atoms with Crippen LogP contribution in [0, 0.1) is 0 Å². The Morgan fingerprint density at radius 1 is 1.31 bits per heavy atom. The SMILES string of the molecule is CCNC(=NCCCN1CCCCC1C)N1CCC(c2cnn(C)c2)C1. The van der Waals surface area contributed by atoms with Gasteiger partial charge in [-0.2, -0.15) is 5.10 Å². The maximum Gasteiger partial charge on any atom is 0.193 e. The highest BCUT2D eigenvalue weighted by atomic mass is 15.3. The van der Waals surface area contributed by atoms with Crippen molar-refractivity contribution in [3.8, 4) is 0 Å². The zero-order valence-corrected chi connectivity index (χ0v) is 16.8. The van der Waals surface area contributed by atoms with Gasteiger partial charge in [0.2, 0.25) is 0 Å². The Kier molecular flexibility index (Phi) is 6.94. The van der Waals surface area contributed by atoms with Gasteiger partial charge >= 0.3 is 0 Å². The Morgan fingerprint density at radius 2 is 2.19 bits per heavy atom. The lowest BCUT2D eigenvalue weighted by molar-refractivity contribution is 0.160. The summed E-state index contributed by atoms with van der Waals surface area (Å²) in [6.45, 7) is 10.9. The number of rotatable bonds is 6. The zero-order chi connectivity index (χ0) is 18.4. The molecule has 3 heterocycles. The molecular formula is C20H36N6. The van der Waals surface area contributed by atoms with E-state index in [1.165, 1.54) is 44.3 Å². The third-order valence-electron chi connectivity index (χ3n) is 5.82. The van der Waals surface area contributed by atoms with Crippen LogP contribution in [0.1, 0.15) is 57.4 Å². The van der Waals surface area contributed by atoms with E-state index in [1.807, 2.05) is 17.9 Å². The van der Waals surface area contributed by atoms with Crippen molar-refractivity contribution in [2.75, 3.05) is 39.3 Å². The fourth-order valence-electron chi connectivity index (χ4n) is 4.25. The minimum Gasteiger partial charge on any atom is -0.357 e. The molecule has 0 aliphatic carbocycles. The van der Waals surface area contributed by atoms with Gasteiger partial charge in [0.15, 0.2) is 5.96 Å². The molecule has 0 amide bonds. The molecule has 2 fully saturated rings. The molecule has 2 unspecified atom stereocenters. The molecule has 2 atom stereocenters. The number of aromatic nitrogens is 2. The van der Waals surface area contributed by atoms with E-state index in [-0.39, 0.29) is 0 Å². The normalized spacial score (nSPS) is 25.0. The number of nitrogens with zero attached hydrogens (tertiary/aromatic N) is 5. The fourth-order valence-corrected chi connectivity index (χ4v) is 4.25. The van der Waals surface area contributed by atoms with Gasteiger partial charge in [-0.15, -0.1) is 0 Å². The molecule has 2 saturated heterocycles. The van der Waals surface area contributed by atoms with Crippen LogP contribution in [0.4, 0.5) is 0 Å². The fraction of sp³-hybridized carbons (Fsp3) is 0.800. The predicted molar refractivity (Wildman–Crippen MR) is 108 cm³/mol. The van der Waals surface area contributed by atoms with Crippen molar-refractivity contribution in [2.24, 2.45) is 12.0 Å². The molecule has 1 N–H and O–H groups in total. The van der Waals surface area contributed by atoms with Gasteiger partial charge in [-0.1, -0.05) is 6.42 Å². The summed E-state index contributed by atoms with van der Waals surface area (Å²) < 4.78 is 1.90. The molecular weight excluding hydrogens is 324 g/mol. The van der Waals surface area contributed by atoms with E-state index in [0.29, 0.717) is 5.92 Å². The zero-order valence-electron chi connectivity index (χ0n) is 16.8. The molecule has 0 radical (unpaired) electrons. The number of piperidine rings is 1. The first-order valence-corrected chi connectivity index (χ1v) is 10.4. The van der Waals surface area contributed by atoms with Crippen LogP contribution in [0.15, 0.2) is 17.4 Å². The minimum atomic E-state index is 0.571. The third kappa shape index (κ3) is 5.00. The molecule has 1 aromatic heterocycles. The first kappa shape index (κ1) is 19.2. The Labute approximate surface area is 158 Å². The summed E-state index contributed by atoms with van der Waals surface area (Å²) in [5.74, 6) is 1.66. The molecule has 146 valence electrons. The summed E-state index contributed by atoms with van der Waals surface area (Å²) >= 11 is 0. The van der Waals surface area contributed by atoms with Crippen LogP contribution >= 0.6 is 0 Å². The predicted octanol–water partition coefficient (Wildman–Crippen LogP) is 2.44. The van der Waals surface area contributed by atoms with Crippen molar-refractivity contribution < 1.29 is 0 Å². The van der Waals surface area contributed by atoms with E-state index in [0.717, 1.165) is 44.6 Å². The summed E-state index contributed by atoms with van der Waals surface area (Å²) in [4.78, 5) is 9.98. The molecule has 2 aliphatic rings. The smallest absolute Gasteiger partial charge is 0.193 e. The number of aryl methyl sites for hydroxylation is 1. The van der Waals surface area contributed by atoms with Crippen LogP contribution in [0.2, 0.25) is 0 Å². The lowest BCUT2D eigenvalue weighted by atomic mass is 10.0. The number of hydrogen-bond acceptors (Lipinski definition) is 3. The number of nitrogens with one attached hydrogen (secondary N) is 1. The molecule has 26 heavy (non-hydrogen) atoms. The van der Waals surface area contributed by atoms with E-state index >= 15 is 0 Å². The topological polar surface area (TPSA) is 48.7 Å². The highest BCUT2D eigenvalue weighted by Gasteiger charge is 2.26. The van der Waals surface area contributed by atoms with Crippen LogP contribution in [0.25, 0.3) is 0 Å². The van der Waals surface area contributed by atoms with Crippen molar-refractivity contribution in [3.63, 3.8) is 0 Å². The van der Waals surface area contributed by atoms with E-state index in [1.54, 1.807) is 0 Å². The van der Waals surface area contributed by atoms with E-state index in [9.17, 15) is 0 Å². The number of likely N-dealkylation sites (tertiary alicyclic amines) is 2. The van der Waals surface area contributed by atoms with Crippen LogP contribution in [0.3, 0.4) is 0 Å². The maximum absolute atomic E-state index is 4.92. The summed E-state index contributed by atoms with van der Waals surface area (Å²) in [6, 6.07) is 0.750. The number of guanidine groups is 1. The Hall–Kier alpha value is -1.56. The van der Waals surface area contributed by atoms with Crippen LogP contribution in [0.5, 0.6) is 0 Å². The van der Waals surface area contributed by atoms with Crippen LogP contribution in [-0.4, -0.2) is 70.9 Å². The van der Waals surface area contributed by atoms with Crippen LogP contribution < -0.4 is 5.32 Å². The molecule has 0 saturated carbocycles. The maximum atomic E-state index is 4.92. The number of hydrogen-bond donors (Lipinski definition) is 1. The van der Waals surface area contributed by atoms with Crippen molar-refractivity contribution in [1.29, 1.82) is 0 Å². The quantitative estimate of drug-likeness (QED) is 0.481. The lowest BCUT2D eigenvalue weighted by Crippen LogP contribution is -2.40. The van der Waals surface area contributed by atoms with Gasteiger partial charge in [-0.25, -0.2) is 0 Å². The summed E-state index contributed by atoms with van der Waals surface area (Å²) in [5.41, 5.74) is 1.35. The van der Waals surface area contributed by atoms with Gasteiger partial charge in [0, 0.05) is 57.9 Å². The molecule has 6 heteroatoms. The Bertz CT molecular complexity index is 581. The van der Waals surface area contributed by atoms with Crippen LogP contribution in [-0.2, 0) is 7.05 Å². The first-order valence-electron chi connectivity index (χ1n) is 10.4. The third-order valence-corrected chi connectivity index (χ3v) is 5.82. The first-order chi connectivity index (χ1) is 12.7. The lowest BCUT2D eigenvalue weighted by Gasteiger charge is -2.33. The molecule has 6 nitrogen and oxygen atoms in total. The molecule has 0 aromatic carbocycles. The molecule has 2 aliphatic heterocycles. The van der Waals surface area contributed by atoms with Gasteiger partial charge in [0.05, 0.1) is 6.20 Å². The van der Waals surface area contributed by atoms with Crippen molar-refractivity contribution in [3.05, 3.63) is 18.0 Å². The van der Waals surface area contributed by atoms with E-state index in [4.69, 9.17) is 4.99 Å². The number of aliphatic imine (C=N–C) groups is 1. The molecule has 0 spiro atoms. The summed E-state index contributed by atoms with van der Waals surface area (Å²) in [6.07, 6.45) is 10.6. The van der Waals surface area contributed by atoms with Gasteiger partial charge in [0.25, 0.3) is 0 Å². The van der Waals surface area contributed by atoms with Crippen molar-refractivity contribution in [1.82, 2.24) is 24.9 Å². The summed E-state index contributed by atoms with van der Waals surface area (Å²) in [5, 5.41) is 7.82. The second-order valence-corrected chi connectivity index (χ2v) is 7.85. The minimum absolute atomic E-state index is 0.571. The second kappa shape index (κ2) is 9.40. The average Bonchev–Trinajstić information content (AvgIpc) is 3.28. The Morgan fingerprint density at radius 3 is 2.92 bits per heavy atom. The van der Waals surface area contributed by atoms with Gasteiger partial charge in [-0.05, 0) is 51.6 Å². The highest BCUT2D eigenvalue weighted by molar-refractivity contribution is 5.80. The standard InChI is InChI=1S/C20H36N6/c1-4-21-20(22-10-7-12-25-11-6-5-8-17(25)2)26-13-9-18(16-26)19-14-23-24(3)15-19/h14-15,17-18H,4-13,16H2,1-3H3,(H,21,22). The highest BCUT2D eigenvalue weighted by Crippen LogP contribution is 2.26.